The van der Waals surface area contributed by atoms with Crippen LogP contribution in [-0.4, -0.2) is 13.1 Å². The quantitative estimate of drug-likeness (QED) is 0.591. The second kappa shape index (κ2) is 6.47. The van der Waals surface area contributed by atoms with E-state index >= 15 is 0 Å². The minimum Gasteiger partial charge on any atom is -0.316 e. The molecule has 0 spiro atoms. The van der Waals surface area contributed by atoms with E-state index in [1.807, 2.05) is 27.7 Å². The summed E-state index contributed by atoms with van der Waals surface area (Å²) in [5.41, 5.74) is 0. The van der Waals surface area contributed by atoms with Crippen molar-refractivity contribution in [1.29, 1.82) is 0 Å². The van der Waals surface area contributed by atoms with Crippen molar-refractivity contribution in [2.75, 3.05) is 13.1 Å². The average Bonchev–Trinajstić information content (AvgIpc) is 2.24. The summed E-state index contributed by atoms with van der Waals surface area (Å²) < 4.78 is 0. The molecule has 1 N–H and O–H groups in total. The molecule has 0 aromatic heterocycles. The zero-order valence-corrected chi connectivity index (χ0v) is 9.35. The van der Waals surface area contributed by atoms with Crippen molar-refractivity contribution < 1.29 is 0 Å². The summed E-state index contributed by atoms with van der Waals surface area (Å²) in [6.07, 6.45) is 1.51. The van der Waals surface area contributed by atoms with E-state index < -0.39 is 0 Å². The van der Waals surface area contributed by atoms with Gasteiger partial charge in [0.15, 0.2) is 0 Å². The molecule has 2 atom stereocenters. The molecule has 1 saturated carbocycles. The van der Waals surface area contributed by atoms with Gasteiger partial charge in [0, 0.05) is 0 Å². The average molecular weight is 171 g/mol. The number of rotatable bonds is 0. The van der Waals surface area contributed by atoms with E-state index in [1.165, 1.54) is 19.5 Å². The lowest BCUT2D eigenvalue weighted by Gasteiger charge is -2.48. The van der Waals surface area contributed by atoms with Crippen LogP contribution in [0.25, 0.3) is 0 Å². The molecule has 0 aromatic carbocycles. The first-order valence-corrected chi connectivity index (χ1v) is 5.58. The lowest BCUT2D eigenvalue weighted by molar-refractivity contribution is 0.0461. The molecule has 3 rings (SSSR count). The van der Waals surface area contributed by atoms with Crippen molar-refractivity contribution >= 4 is 0 Å². The Kier molecular flexibility index (Phi) is 6.45. The lowest BCUT2D eigenvalue weighted by atomic mass is 9.63. The van der Waals surface area contributed by atoms with Crippen molar-refractivity contribution in [1.82, 2.24) is 5.32 Å². The summed E-state index contributed by atoms with van der Waals surface area (Å²) in [6.45, 7) is 13.0. The predicted octanol–water partition coefficient (Wildman–Crippen LogP) is 2.91. The van der Waals surface area contributed by atoms with Crippen LogP contribution in [0.15, 0.2) is 0 Å². The molecule has 3 fully saturated rings. The summed E-state index contributed by atoms with van der Waals surface area (Å²) in [6, 6.07) is 0. The zero-order chi connectivity index (χ0) is 9.56. The van der Waals surface area contributed by atoms with Crippen molar-refractivity contribution in [3.63, 3.8) is 0 Å². The van der Waals surface area contributed by atoms with Crippen LogP contribution in [0.4, 0.5) is 0 Å². The maximum atomic E-state index is 3.41. The Morgan fingerprint density at radius 3 is 1.50 bits per heavy atom. The highest BCUT2D eigenvalue weighted by Gasteiger charge is 2.39. The van der Waals surface area contributed by atoms with E-state index in [2.05, 4.69) is 12.2 Å². The minimum absolute atomic E-state index is 1.04. The number of piperidine rings is 2. The Morgan fingerprint density at radius 2 is 1.33 bits per heavy atom. The summed E-state index contributed by atoms with van der Waals surface area (Å²) >= 11 is 0. The van der Waals surface area contributed by atoms with E-state index in [0.717, 1.165) is 17.8 Å². The monoisotopic (exact) mass is 171 g/mol. The molecule has 1 heteroatoms. The zero-order valence-electron chi connectivity index (χ0n) is 9.35. The van der Waals surface area contributed by atoms with Crippen molar-refractivity contribution in [3.05, 3.63) is 0 Å². The molecule has 0 aromatic rings. The van der Waals surface area contributed by atoms with Crippen LogP contribution in [0.1, 0.15) is 41.0 Å². The summed E-state index contributed by atoms with van der Waals surface area (Å²) in [5.74, 6) is 3.11. The predicted molar refractivity (Wildman–Crippen MR) is 56.3 cm³/mol. The SMILES string of the molecule is CC.CC.CC1C2CNCC1C2. The Bertz CT molecular complexity index is 87.2. The van der Waals surface area contributed by atoms with Gasteiger partial charge in [-0.3, -0.25) is 0 Å². The molecule has 1 aliphatic carbocycles. The molecule has 2 bridgehead atoms. The van der Waals surface area contributed by atoms with Crippen LogP contribution < -0.4 is 5.32 Å². The van der Waals surface area contributed by atoms with Gasteiger partial charge in [0.1, 0.15) is 0 Å². The van der Waals surface area contributed by atoms with Crippen LogP contribution in [0.3, 0.4) is 0 Å². The fourth-order valence-electron chi connectivity index (χ4n) is 2.00. The number of fused-ring (bicyclic) bond motifs is 2. The van der Waals surface area contributed by atoms with Crippen LogP contribution in [0.5, 0.6) is 0 Å². The molecule has 2 unspecified atom stereocenters. The summed E-state index contributed by atoms with van der Waals surface area (Å²) in [7, 11) is 0. The van der Waals surface area contributed by atoms with Crippen molar-refractivity contribution in [2.45, 2.75) is 41.0 Å². The fourth-order valence-corrected chi connectivity index (χ4v) is 2.00. The number of hydrogen-bond acceptors (Lipinski definition) is 1. The third-order valence-corrected chi connectivity index (χ3v) is 2.91. The van der Waals surface area contributed by atoms with E-state index in [0.29, 0.717) is 0 Å². The lowest BCUT2D eigenvalue weighted by Crippen LogP contribution is -2.51. The molecule has 1 nitrogen and oxygen atoms in total. The van der Waals surface area contributed by atoms with Gasteiger partial charge in [0.25, 0.3) is 0 Å². The first kappa shape index (κ1) is 12.0. The first-order chi connectivity index (χ1) is 5.88. The van der Waals surface area contributed by atoms with Crippen LogP contribution in [0, 0.1) is 17.8 Å². The van der Waals surface area contributed by atoms with Crippen molar-refractivity contribution in [2.24, 2.45) is 17.8 Å². The van der Waals surface area contributed by atoms with Gasteiger partial charge in [0.05, 0.1) is 0 Å². The second-order valence-corrected chi connectivity index (χ2v) is 3.27. The summed E-state index contributed by atoms with van der Waals surface area (Å²) in [4.78, 5) is 0. The normalized spacial score (nSPS) is 36.2. The van der Waals surface area contributed by atoms with E-state index in [1.54, 1.807) is 0 Å². The van der Waals surface area contributed by atoms with E-state index in [9.17, 15) is 0 Å². The highest BCUT2D eigenvalue weighted by molar-refractivity contribution is 4.92. The standard InChI is InChI=1S/C7H13N.2C2H6/c1-5-6-2-7(5)4-8-3-6;2*1-2/h5-8H,2-4H2,1H3;2*1-2H3. The molecule has 74 valence electrons. The smallest absolute Gasteiger partial charge is 0.00176 e. The van der Waals surface area contributed by atoms with Gasteiger partial charge in [-0.2, -0.15) is 0 Å². The van der Waals surface area contributed by atoms with Gasteiger partial charge in [-0.25, -0.2) is 0 Å². The molecule has 12 heavy (non-hydrogen) atoms. The molecule has 3 aliphatic rings. The third kappa shape index (κ3) is 2.48. The topological polar surface area (TPSA) is 12.0 Å². The minimum atomic E-state index is 1.04. The fraction of sp³-hybridized carbons (Fsp3) is 1.00. The highest BCUT2D eigenvalue weighted by atomic mass is 14.9. The third-order valence-electron chi connectivity index (χ3n) is 2.91. The van der Waals surface area contributed by atoms with Gasteiger partial charge < -0.3 is 5.32 Å². The highest BCUT2D eigenvalue weighted by Crippen LogP contribution is 2.41. The van der Waals surface area contributed by atoms with Gasteiger partial charge in [-0.1, -0.05) is 34.6 Å². The Morgan fingerprint density at radius 1 is 0.917 bits per heavy atom. The van der Waals surface area contributed by atoms with Gasteiger partial charge >= 0.3 is 0 Å². The Hall–Kier alpha value is -0.0400. The van der Waals surface area contributed by atoms with Gasteiger partial charge in [-0.15, -0.1) is 0 Å². The van der Waals surface area contributed by atoms with Gasteiger partial charge in [0.2, 0.25) is 0 Å². The van der Waals surface area contributed by atoms with E-state index in [-0.39, 0.29) is 0 Å². The Labute approximate surface area is 77.9 Å². The molecular formula is C11H25N. The molecule has 2 saturated heterocycles. The number of nitrogens with one attached hydrogen (secondary N) is 1. The van der Waals surface area contributed by atoms with E-state index in [4.69, 9.17) is 0 Å². The second-order valence-electron chi connectivity index (χ2n) is 3.27. The molecule has 0 amide bonds. The first-order valence-electron chi connectivity index (χ1n) is 5.58. The number of hydrogen-bond donors (Lipinski definition) is 1. The summed E-state index contributed by atoms with van der Waals surface area (Å²) in [5, 5.41) is 3.41. The largest absolute Gasteiger partial charge is 0.316 e. The van der Waals surface area contributed by atoms with Gasteiger partial charge in [-0.05, 0) is 37.3 Å². The van der Waals surface area contributed by atoms with Crippen molar-refractivity contribution in [3.8, 4) is 0 Å². The maximum Gasteiger partial charge on any atom is -0.00176 e. The maximum absolute atomic E-state index is 3.41. The van der Waals surface area contributed by atoms with Crippen LogP contribution >= 0.6 is 0 Å². The van der Waals surface area contributed by atoms with Crippen LogP contribution in [-0.2, 0) is 0 Å². The molecule has 2 heterocycles. The molecular weight excluding hydrogens is 146 g/mol. The molecule has 0 radical (unpaired) electrons. The Balaban J connectivity index is 0.000000269. The molecule has 2 aliphatic heterocycles. The van der Waals surface area contributed by atoms with Crippen LogP contribution in [0.2, 0.25) is 0 Å².